The largest absolute Gasteiger partial charge is 0.489 e. The van der Waals surface area contributed by atoms with Gasteiger partial charge in [0.2, 0.25) is 5.91 Å². The van der Waals surface area contributed by atoms with Crippen LogP contribution in [0.5, 0.6) is 5.75 Å². The zero-order valence-electron chi connectivity index (χ0n) is 19.8. The third-order valence-corrected chi connectivity index (χ3v) is 5.75. The van der Waals surface area contributed by atoms with Crippen molar-refractivity contribution in [1.82, 2.24) is 10.2 Å². The van der Waals surface area contributed by atoms with Crippen molar-refractivity contribution < 1.29 is 9.53 Å². The molecule has 1 saturated heterocycles. The van der Waals surface area contributed by atoms with Gasteiger partial charge >= 0.3 is 0 Å². The van der Waals surface area contributed by atoms with Crippen molar-refractivity contribution in [1.29, 1.82) is 5.41 Å². The normalized spacial score (nSPS) is 15.2. The Morgan fingerprint density at radius 1 is 1.09 bits per heavy atom. The van der Waals surface area contributed by atoms with Crippen LogP contribution in [0.3, 0.4) is 0 Å². The van der Waals surface area contributed by atoms with Gasteiger partial charge in [-0.2, -0.15) is 0 Å². The summed E-state index contributed by atoms with van der Waals surface area (Å²) in [4.78, 5) is 17.8. The zero-order chi connectivity index (χ0) is 23.4. The standard InChI is InChI=1S/C26H29N5O2.2ClH/c1-17(27)31-12-11-25(16-31)33-24-9-7-23(8-10-24)30-26(28)21-6-5-20-4-3-19(13-22(20)14-21)15-29-18(2)32;;/h3-10,13-14,25,27H,11-12,15-16H2,1-2H3,(H2,28,30)(H,29,32);2*1H. The van der Waals surface area contributed by atoms with Crippen LogP contribution in [0, 0.1) is 5.41 Å². The van der Waals surface area contributed by atoms with E-state index in [0.717, 1.165) is 52.8 Å². The van der Waals surface area contributed by atoms with E-state index in [9.17, 15) is 4.79 Å². The molecular formula is C26H31Cl2N5O2. The SMILES string of the molecule is CC(=N)N1CCC(Oc2ccc(N=C(N)c3ccc4ccc(CNC(C)=O)cc4c3)cc2)C1.Cl.Cl. The number of likely N-dealkylation sites (tertiary alicyclic amines) is 1. The Morgan fingerprint density at radius 2 is 1.80 bits per heavy atom. The van der Waals surface area contributed by atoms with Gasteiger partial charge in [0.15, 0.2) is 0 Å². The van der Waals surface area contributed by atoms with E-state index in [-0.39, 0.29) is 36.8 Å². The number of ether oxygens (including phenoxy) is 1. The average Bonchev–Trinajstić information content (AvgIpc) is 3.27. The first kappa shape index (κ1) is 28.0. The van der Waals surface area contributed by atoms with Gasteiger partial charge in [-0.3, -0.25) is 10.2 Å². The Hall–Kier alpha value is -3.29. The second kappa shape index (κ2) is 12.4. The summed E-state index contributed by atoms with van der Waals surface area (Å²) in [5, 5.41) is 12.7. The molecule has 35 heavy (non-hydrogen) atoms. The summed E-state index contributed by atoms with van der Waals surface area (Å²) in [6.07, 6.45) is 1.01. The van der Waals surface area contributed by atoms with E-state index in [1.165, 1.54) is 6.92 Å². The van der Waals surface area contributed by atoms with E-state index in [2.05, 4.69) is 16.4 Å². The van der Waals surface area contributed by atoms with Gasteiger partial charge in [-0.1, -0.05) is 24.3 Å². The number of halogens is 2. The molecule has 1 unspecified atom stereocenters. The Labute approximate surface area is 218 Å². The van der Waals surface area contributed by atoms with Crippen LogP contribution >= 0.6 is 24.8 Å². The molecule has 4 rings (SSSR count). The predicted molar refractivity (Wildman–Crippen MR) is 147 cm³/mol. The highest BCUT2D eigenvalue weighted by Gasteiger charge is 2.24. The van der Waals surface area contributed by atoms with E-state index < -0.39 is 0 Å². The number of nitrogens with two attached hydrogens (primary N) is 1. The second-order valence-corrected chi connectivity index (χ2v) is 8.36. The van der Waals surface area contributed by atoms with Crippen molar-refractivity contribution in [2.75, 3.05) is 13.1 Å². The summed E-state index contributed by atoms with van der Waals surface area (Å²) in [5.41, 5.74) is 8.93. The fraction of sp³-hybridized carbons (Fsp3) is 0.269. The van der Waals surface area contributed by atoms with Gasteiger partial charge in [-0.25, -0.2) is 4.99 Å². The van der Waals surface area contributed by atoms with E-state index in [4.69, 9.17) is 15.9 Å². The Balaban J connectivity index is 0.00000216. The molecule has 1 amide bonds. The number of amides is 1. The summed E-state index contributed by atoms with van der Waals surface area (Å²) < 4.78 is 6.05. The molecule has 7 nitrogen and oxygen atoms in total. The lowest BCUT2D eigenvalue weighted by atomic mass is 10.0. The van der Waals surface area contributed by atoms with Gasteiger partial charge in [-0.15, -0.1) is 24.8 Å². The second-order valence-electron chi connectivity index (χ2n) is 8.36. The minimum absolute atomic E-state index is 0. The van der Waals surface area contributed by atoms with E-state index in [1.54, 1.807) is 6.92 Å². The number of amidine groups is 2. The first-order chi connectivity index (χ1) is 15.9. The molecule has 0 spiro atoms. The first-order valence-corrected chi connectivity index (χ1v) is 11.1. The highest BCUT2D eigenvalue weighted by Crippen LogP contribution is 2.23. The topological polar surface area (TPSA) is 104 Å². The zero-order valence-corrected chi connectivity index (χ0v) is 21.4. The maximum atomic E-state index is 11.2. The first-order valence-electron chi connectivity index (χ1n) is 11.1. The molecule has 1 fully saturated rings. The number of hydrogen-bond acceptors (Lipinski definition) is 4. The van der Waals surface area contributed by atoms with E-state index in [0.29, 0.717) is 18.2 Å². The van der Waals surface area contributed by atoms with E-state index in [1.807, 2.05) is 59.5 Å². The smallest absolute Gasteiger partial charge is 0.217 e. The Kier molecular flexibility index (Phi) is 9.92. The molecule has 1 aliphatic heterocycles. The van der Waals surface area contributed by atoms with Crippen molar-refractivity contribution in [2.45, 2.75) is 32.9 Å². The molecular weight excluding hydrogens is 485 g/mol. The third kappa shape index (κ3) is 7.34. The lowest BCUT2D eigenvalue weighted by Crippen LogP contribution is -2.28. The number of fused-ring (bicyclic) bond motifs is 1. The number of aliphatic imine (C=N–C) groups is 1. The van der Waals surface area contributed by atoms with Crippen LogP contribution in [0.1, 0.15) is 31.4 Å². The van der Waals surface area contributed by atoms with Crippen molar-refractivity contribution >= 4 is 58.9 Å². The summed E-state index contributed by atoms with van der Waals surface area (Å²) in [7, 11) is 0. The van der Waals surface area contributed by atoms with Gasteiger partial charge in [-0.05, 0) is 59.7 Å². The summed E-state index contributed by atoms with van der Waals surface area (Å²) in [6.45, 7) is 5.42. The maximum absolute atomic E-state index is 11.2. The molecule has 0 radical (unpaired) electrons. The average molecular weight is 516 g/mol. The molecule has 1 aliphatic rings. The summed E-state index contributed by atoms with van der Waals surface area (Å²) in [6, 6.07) is 19.7. The molecule has 3 aromatic carbocycles. The van der Waals surface area contributed by atoms with Crippen molar-refractivity contribution in [3.05, 3.63) is 71.8 Å². The molecule has 3 aromatic rings. The predicted octanol–water partition coefficient (Wildman–Crippen LogP) is 4.81. The quantitative estimate of drug-likeness (QED) is 0.323. The van der Waals surface area contributed by atoms with Gasteiger partial charge < -0.3 is 20.7 Å². The van der Waals surface area contributed by atoms with Gasteiger partial charge in [0.05, 0.1) is 18.1 Å². The highest BCUT2D eigenvalue weighted by atomic mass is 35.5. The number of hydrogen-bond donors (Lipinski definition) is 3. The number of rotatable bonds is 6. The number of carbonyl (C=O) groups is 1. The maximum Gasteiger partial charge on any atom is 0.217 e. The molecule has 9 heteroatoms. The molecule has 0 saturated carbocycles. The number of nitrogens with one attached hydrogen (secondary N) is 2. The van der Waals surface area contributed by atoms with Crippen LogP contribution in [-0.2, 0) is 11.3 Å². The molecule has 0 aromatic heterocycles. The van der Waals surface area contributed by atoms with Crippen LogP contribution in [0.2, 0.25) is 0 Å². The van der Waals surface area contributed by atoms with Crippen molar-refractivity contribution in [2.24, 2.45) is 10.7 Å². The molecule has 1 heterocycles. The fourth-order valence-electron chi connectivity index (χ4n) is 3.92. The highest BCUT2D eigenvalue weighted by molar-refractivity contribution is 6.02. The van der Waals surface area contributed by atoms with Gasteiger partial charge in [0.25, 0.3) is 0 Å². The minimum atomic E-state index is -0.0525. The third-order valence-electron chi connectivity index (χ3n) is 5.75. The van der Waals surface area contributed by atoms with Gasteiger partial charge in [0, 0.05) is 32.0 Å². The summed E-state index contributed by atoms with van der Waals surface area (Å²) >= 11 is 0. The lowest BCUT2D eigenvalue weighted by Gasteiger charge is -2.17. The minimum Gasteiger partial charge on any atom is -0.489 e. The van der Waals surface area contributed by atoms with Crippen LogP contribution in [-0.4, -0.2) is 41.7 Å². The number of carbonyl (C=O) groups excluding carboxylic acids is 1. The molecule has 1 atom stereocenters. The van der Waals surface area contributed by atoms with Crippen molar-refractivity contribution in [3.63, 3.8) is 0 Å². The summed E-state index contributed by atoms with van der Waals surface area (Å²) in [5.74, 6) is 1.76. The van der Waals surface area contributed by atoms with Crippen LogP contribution < -0.4 is 15.8 Å². The van der Waals surface area contributed by atoms with E-state index >= 15 is 0 Å². The number of nitrogens with zero attached hydrogens (tertiary/aromatic N) is 2. The molecule has 186 valence electrons. The molecule has 0 bridgehead atoms. The molecule has 0 aliphatic carbocycles. The van der Waals surface area contributed by atoms with Crippen LogP contribution in [0.15, 0.2) is 65.7 Å². The Morgan fingerprint density at radius 3 is 2.46 bits per heavy atom. The fourth-order valence-corrected chi connectivity index (χ4v) is 3.92. The van der Waals surface area contributed by atoms with Crippen LogP contribution in [0.25, 0.3) is 10.8 Å². The molecule has 4 N–H and O–H groups in total. The van der Waals surface area contributed by atoms with Gasteiger partial charge in [0.1, 0.15) is 17.7 Å². The lowest BCUT2D eigenvalue weighted by molar-refractivity contribution is -0.119. The van der Waals surface area contributed by atoms with Crippen molar-refractivity contribution in [3.8, 4) is 5.75 Å². The number of benzene rings is 3. The Bertz CT molecular complexity index is 1210. The monoisotopic (exact) mass is 515 g/mol. The van der Waals surface area contributed by atoms with Crippen LogP contribution in [0.4, 0.5) is 5.69 Å².